The average molecular weight is 512 g/mol. The maximum Gasteiger partial charge on any atom is 0.214 e. The minimum Gasteiger partial charge on any atom is -0.493 e. The molecule has 10 heteroatoms. The molecule has 1 aromatic rings. The van der Waals surface area contributed by atoms with Gasteiger partial charge in [0.1, 0.15) is 0 Å². The van der Waals surface area contributed by atoms with Gasteiger partial charge in [-0.25, -0.2) is 12.7 Å². The SMILES string of the molecule is CCNC(=NCCN1CCCS1(=O)=O)Nc1ccc(OC)c(OCC)c1.I. The van der Waals surface area contributed by atoms with E-state index in [1.807, 2.05) is 32.0 Å². The zero-order valence-corrected chi connectivity index (χ0v) is 19.2. The van der Waals surface area contributed by atoms with Crippen LogP contribution in [0.25, 0.3) is 0 Å². The summed E-state index contributed by atoms with van der Waals surface area (Å²) in [6.45, 7) is 6.49. The van der Waals surface area contributed by atoms with Gasteiger partial charge in [0.25, 0.3) is 0 Å². The molecule has 0 saturated carbocycles. The number of rotatable bonds is 8. The summed E-state index contributed by atoms with van der Waals surface area (Å²) in [4.78, 5) is 4.47. The molecule has 8 nitrogen and oxygen atoms in total. The minimum atomic E-state index is -3.08. The van der Waals surface area contributed by atoms with Crippen LogP contribution in [0, 0.1) is 0 Å². The number of nitrogens with one attached hydrogen (secondary N) is 2. The van der Waals surface area contributed by atoms with Crippen molar-refractivity contribution >= 4 is 45.6 Å². The molecule has 2 rings (SSSR count). The first-order valence-corrected chi connectivity index (χ1v) is 10.4. The van der Waals surface area contributed by atoms with Crippen molar-refractivity contribution in [1.82, 2.24) is 9.62 Å². The second-order valence-electron chi connectivity index (χ2n) is 5.75. The first kappa shape index (κ1) is 23.8. The third-order valence-electron chi connectivity index (χ3n) is 3.89. The normalized spacial score (nSPS) is 16.5. The van der Waals surface area contributed by atoms with Crippen LogP contribution < -0.4 is 20.1 Å². The number of hydrogen-bond donors (Lipinski definition) is 2. The molecule has 1 aliphatic rings. The number of sulfonamides is 1. The van der Waals surface area contributed by atoms with E-state index in [9.17, 15) is 8.42 Å². The van der Waals surface area contributed by atoms with Crippen LogP contribution in [0.4, 0.5) is 5.69 Å². The van der Waals surface area contributed by atoms with Gasteiger partial charge >= 0.3 is 0 Å². The summed E-state index contributed by atoms with van der Waals surface area (Å²) in [5, 5.41) is 6.37. The molecule has 1 heterocycles. The van der Waals surface area contributed by atoms with E-state index >= 15 is 0 Å². The van der Waals surface area contributed by atoms with E-state index in [1.54, 1.807) is 7.11 Å². The Morgan fingerprint density at radius 1 is 1.30 bits per heavy atom. The fourth-order valence-corrected chi connectivity index (χ4v) is 4.20. The van der Waals surface area contributed by atoms with Crippen molar-refractivity contribution in [3.63, 3.8) is 0 Å². The van der Waals surface area contributed by atoms with Crippen molar-refractivity contribution in [2.75, 3.05) is 51.0 Å². The summed E-state index contributed by atoms with van der Waals surface area (Å²) in [6, 6.07) is 5.55. The van der Waals surface area contributed by atoms with Crippen LogP contribution in [0.3, 0.4) is 0 Å². The molecule has 0 amide bonds. The minimum absolute atomic E-state index is 0. The maximum absolute atomic E-state index is 11.8. The Bertz CT molecular complexity index is 728. The Kier molecular flexibility index (Phi) is 10.2. The standard InChI is InChI=1S/C17H28N4O4S.HI/c1-4-18-17(19-9-11-21-10-6-12-26(21,22)23)20-14-7-8-15(24-3)16(13-14)25-5-2;/h7-8,13H,4-6,9-12H2,1-3H3,(H2,18,19,20);1H. The molecule has 1 aliphatic heterocycles. The van der Waals surface area contributed by atoms with Crippen LogP contribution in [0.1, 0.15) is 20.3 Å². The molecule has 0 aromatic heterocycles. The fraction of sp³-hybridized carbons (Fsp3) is 0.588. The van der Waals surface area contributed by atoms with Gasteiger partial charge in [-0.2, -0.15) is 0 Å². The summed E-state index contributed by atoms with van der Waals surface area (Å²) in [5.74, 6) is 2.15. The van der Waals surface area contributed by atoms with Crippen molar-refractivity contribution in [3.05, 3.63) is 18.2 Å². The molecule has 0 aliphatic carbocycles. The van der Waals surface area contributed by atoms with Gasteiger partial charge in [-0.1, -0.05) is 0 Å². The third-order valence-corrected chi connectivity index (χ3v) is 5.85. The average Bonchev–Trinajstić information content (AvgIpc) is 2.94. The number of anilines is 1. The molecule has 1 saturated heterocycles. The Balaban J connectivity index is 0.00000364. The van der Waals surface area contributed by atoms with E-state index in [1.165, 1.54) is 4.31 Å². The predicted molar refractivity (Wildman–Crippen MR) is 119 cm³/mol. The summed E-state index contributed by atoms with van der Waals surface area (Å²) in [5.41, 5.74) is 0.808. The molecule has 2 N–H and O–H groups in total. The van der Waals surface area contributed by atoms with Crippen LogP contribution in [-0.4, -0.2) is 64.3 Å². The molecule has 0 unspecified atom stereocenters. The highest BCUT2D eigenvalue weighted by molar-refractivity contribution is 14.0. The Labute approximate surface area is 178 Å². The number of ether oxygens (including phenoxy) is 2. The molecule has 0 spiro atoms. The second kappa shape index (κ2) is 11.5. The monoisotopic (exact) mass is 512 g/mol. The third kappa shape index (κ3) is 7.00. The lowest BCUT2D eigenvalue weighted by Crippen LogP contribution is -2.33. The van der Waals surface area contributed by atoms with E-state index in [-0.39, 0.29) is 29.7 Å². The molecule has 154 valence electrons. The number of benzene rings is 1. The zero-order valence-electron chi connectivity index (χ0n) is 16.0. The Morgan fingerprint density at radius 2 is 2.07 bits per heavy atom. The van der Waals surface area contributed by atoms with E-state index in [0.29, 0.717) is 56.7 Å². The molecule has 0 bridgehead atoms. The van der Waals surface area contributed by atoms with Crippen molar-refractivity contribution in [2.45, 2.75) is 20.3 Å². The highest BCUT2D eigenvalue weighted by Gasteiger charge is 2.27. The summed E-state index contributed by atoms with van der Waals surface area (Å²) in [7, 11) is -1.48. The number of halogens is 1. The summed E-state index contributed by atoms with van der Waals surface area (Å²) < 4.78 is 36.0. The first-order valence-electron chi connectivity index (χ1n) is 8.84. The largest absolute Gasteiger partial charge is 0.493 e. The number of nitrogens with zero attached hydrogens (tertiary/aromatic N) is 2. The predicted octanol–water partition coefficient (Wildman–Crippen LogP) is 2.12. The van der Waals surface area contributed by atoms with Crippen LogP contribution in [0.5, 0.6) is 11.5 Å². The van der Waals surface area contributed by atoms with Crippen LogP contribution in [0.15, 0.2) is 23.2 Å². The highest BCUT2D eigenvalue weighted by atomic mass is 127. The molecular formula is C17H29IN4O4S. The van der Waals surface area contributed by atoms with Gasteiger partial charge in [0.2, 0.25) is 10.0 Å². The number of hydrogen-bond acceptors (Lipinski definition) is 5. The lowest BCUT2D eigenvalue weighted by molar-refractivity contribution is 0.311. The van der Waals surface area contributed by atoms with Gasteiger partial charge < -0.3 is 20.1 Å². The summed E-state index contributed by atoms with van der Waals surface area (Å²) >= 11 is 0. The zero-order chi connectivity index (χ0) is 19.0. The van der Waals surface area contributed by atoms with Crippen molar-refractivity contribution in [2.24, 2.45) is 4.99 Å². The van der Waals surface area contributed by atoms with Crippen molar-refractivity contribution < 1.29 is 17.9 Å². The molecule has 27 heavy (non-hydrogen) atoms. The lowest BCUT2D eigenvalue weighted by Gasteiger charge is -2.16. The van der Waals surface area contributed by atoms with E-state index in [4.69, 9.17) is 9.47 Å². The highest BCUT2D eigenvalue weighted by Crippen LogP contribution is 2.30. The number of methoxy groups -OCH3 is 1. The van der Waals surface area contributed by atoms with Gasteiger partial charge in [0, 0.05) is 31.4 Å². The van der Waals surface area contributed by atoms with Crippen LogP contribution >= 0.6 is 24.0 Å². The number of guanidine groups is 1. The smallest absolute Gasteiger partial charge is 0.214 e. The first-order chi connectivity index (χ1) is 12.5. The van der Waals surface area contributed by atoms with Crippen molar-refractivity contribution in [1.29, 1.82) is 0 Å². The molecular weight excluding hydrogens is 483 g/mol. The Morgan fingerprint density at radius 3 is 2.67 bits per heavy atom. The van der Waals surface area contributed by atoms with E-state index < -0.39 is 10.0 Å². The van der Waals surface area contributed by atoms with Crippen molar-refractivity contribution in [3.8, 4) is 11.5 Å². The molecule has 0 radical (unpaired) electrons. The quantitative estimate of drug-likeness (QED) is 0.315. The maximum atomic E-state index is 11.8. The lowest BCUT2D eigenvalue weighted by atomic mass is 10.2. The van der Waals surface area contributed by atoms with Crippen LogP contribution in [-0.2, 0) is 10.0 Å². The van der Waals surface area contributed by atoms with Gasteiger partial charge in [-0.3, -0.25) is 4.99 Å². The van der Waals surface area contributed by atoms with Gasteiger partial charge in [-0.15, -0.1) is 24.0 Å². The molecule has 0 atom stereocenters. The Hall–Kier alpha value is -1.27. The van der Waals surface area contributed by atoms with E-state index in [0.717, 1.165) is 5.69 Å². The van der Waals surface area contributed by atoms with Gasteiger partial charge in [0.05, 0.1) is 26.0 Å². The number of aliphatic imine (C=N–C) groups is 1. The second-order valence-corrected chi connectivity index (χ2v) is 7.84. The fourth-order valence-electron chi connectivity index (χ4n) is 2.68. The molecule has 1 fully saturated rings. The van der Waals surface area contributed by atoms with E-state index in [2.05, 4.69) is 15.6 Å². The van der Waals surface area contributed by atoms with Crippen LogP contribution in [0.2, 0.25) is 0 Å². The topological polar surface area (TPSA) is 92.3 Å². The summed E-state index contributed by atoms with van der Waals surface area (Å²) in [6.07, 6.45) is 0.691. The van der Waals surface area contributed by atoms with Gasteiger partial charge in [-0.05, 0) is 32.4 Å². The molecule has 1 aromatic carbocycles. The van der Waals surface area contributed by atoms with Gasteiger partial charge in [0.15, 0.2) is 17.5 Å².